The lowest BCUT2D eigenvalue weighted by atomic mass is 10.1. The average Bonchev–Trinajstić information content (AvgIpc) is 3.19. The van der Waals surface area contributed by atoms with Crippen molar-refractivity contribution < 1.29 is 0 Å². The maximum atomic E-state index is 6.03. The monoisotopic (exact) mass is 289 g/mol. The highest BCUT2D eigenvalue weighted by atomic mass is 15.1. The molecule has 2 heterocycles. The van der Waals surface area contributed by atoms with Gasteiger partial charge in [-0.2, -0.15) is 0 Å². The van der Waals surface area contributed by atoms with Gasteiger partial charge in [0.15, 0.2) is 0 Å². The van der Waals surface area contributed by atoms with Crippen LogP contribution in [-0.4, -0.2) is 41.0 Å². The molecule has 1 atom stereocenters. The van der Waals surface area contributed by atoms with Crippen LogP contribution in [0, 0.1) is 12.8 Å². The van der Waals surface area contributed by atoms with Crippen LogP contribution in [-0.2, 0) is 0 Å². The summed E-state index contributed by atoms with van der Waals surface area (Å²) in [6.07, 6.45) is 5.11. The molecule has 1 aromatic rings. The molecule has 0 spiro atoms. The van der Waals surface area contributed by atoms with Crippen LogP contribution < -0.4 is 11.1 Å². The molecule has 0 amide bonds. The van der Waals surface area contributed by atoms with E-state index in [1.165, 1.54) is 45.3 Å². The Labute approximate surface area is 127 Å². The first kappa shape index (κ1) is 14.6. The van der Waals surface area contributed by atoms with Crippen molar-refractivity contribution in [1.29, 1.82) is 0 Å². The minimum atomic E-state index is 0.537. The molecule has 1 aromatic heterocycles. The third-order valence-electron chi connectivity index (χ3n) is 4.53. The predicted octanol–water partition coefficient (Wildman–Crippen LogP) is 2.39. The van der Waals surface area contributed by atoms with Gasteiger partial charge in [0.1, 0.15) is 17.5 Å². The Balaban J connectivity index is 1.58. The molecular formula is C16H27N5. The van der Waals surface area contributed by atoms with Crippen molar-refractivity contribution >= 4 is 11.6 Å². The lowest BCUT2D eigenvalue weighted by Gasteiger charge is -2.21. The van der Waals surface area contributed by atoms with E-state index in [0.717, 1.165) is 23.8 Å². The molecule has 0 bridgehead atoms. The number of likely N-dealkylation sites (tertiary alicyclic amines) is 1. The molecule has 21 heavy (non-hydrogen) atoms. The molecule has 5 nitrogen and oxygen atoms in total. The molecule has 1 saturated heterocycles. The summed E-state index contributed by atoms with van der Waals surface area (Å²) in [6.45, 7) is 8.93. The number of nitrogens with two attached hydrogens (primary N) is 1. The fourth-order valence-corrected chi connectivity index (χ4v) is 2.99. The Morgan fingerprint density at radius 2 is 2.00 bits per heavy atom. The fourth-order valence-electron chi connectivity index (χ4n) is 2.99. The number of nitrogens with one attached hydrogen (secondary N) is 1. The third kappa shape index (κ3) is 3.64. The van der Waals surface area contributed by atoms with Gasteiger partial charge in [-0.15, -0.1) is 0 Å². The van der Waals surface area contributed by atoms with Crippen molar-refractivity contribution in [3.8, 4) is 0 Å². The second-order valence-corrected chi connectivity index (χ2v) is 6.71. The largest absolute Gasteiger partial charge is 0.383 e. The summed E-state index contributed by atoms with van der Waals surface area (Å²) in [5.41, 5.74) is 7.01. The van der Waals surface area contributed by atoms with Gasteiger partial charge >= 0.3 is 0 Å². The smallest absolute Gasteiger partial charge is 0.136 e. The first-order chi connectivity index (χ1) is 10.1. The number of rotatable bonds is 6. The molecule has 1 aliphatic carbocycles. The lowest BCUT2D eigenvalue weighted by molar-refractivity contribution is 0.294. The van der Waals surface area contributed by atoms with Crippen molar-refractivity contribution in [1.82, 2.24) is 14.9 Å². The normalized spacial score (nSPS) is 20.7. The first-order valence-corrected chi connectivity index (χ1v) is 8.23. The zero-order valence-corrected chi connectivity index (χ0v) is 13.2. The first-order valence-electron chi connectivity index (χ1n) is 8.23. The molecule has 1 aliphatic heterocycles. The standard InChI is InChI=1S/C16H27N5/c1-11(10-21-7-3-4-8-21)9-18-15-12(2)14(17)19-16(20-15)13-5-6-13/h11,13H,3-10H2,1-2H3,(H3,17,18,19,20). The zero-order valence-electron chi connectivity index (χ0n) is 13.2. The molecule has 2 fully saturated rings. The van der Waals surface area contributed by atoms with Crippen LogP contribution in [0.4, 0.5) is 11.6 Å². The van der Waals surface area contributed by atoms with E-state index in [1.54, 1.807) is 0 Å². The van der Waals surface area contributed by atoms with E-state index in [1.807, 2.05) is 6.92 Å². The summed E-state index contributed by atoms with van der Waals surface area (Å²) in [4.78, 5) is 11.7. The minimum absolute atomic E-state index is 0.537. The van der Waals surface area contributed by atoms with Crippen molar-refractivity contribution in [2.45, 2.75) is 45.4 Å². The molecule has 116 valence electrons. The van der Waals surface area contributed by atoms with Crippen molar-refractivity contribution in [3.63, 3.8) is 0 Å². The van der Waals surface area contributed by atoms with Crippen LogP contribution in [0.1, 0.15) is 49.9 Å². The summed E-state index contributed by atoms with van der Waals surface area (Å²) < 4.78 is 0. The van der Waals surface area contributed by atoms with Crippen LogP contribution in [0.3, 0.4) is 0 Å². The van der Waals surface area contributed by atoms with Crippen molar-refractivity contribution in [2.75, 3.05) is 37.2 Å². The van der Waals surface area contributed by atoms with E-state index < -0.39 is 0 Å². The van der Waals surface area contributed by atoms with Gasteiger partial charge in [-0.1, -0.05) is 6.92 Å². The molecule has 0 radical (unpaired) electrons. The Bertz CT molecular complexity index is 492. The highest BCUT2D eigenvalue weighted by Crippen LogP contribution is 2.39. The van der Waals surface area contributed by atoms with Crippen molar-refractivity contribution in [3.05, 3.63) is 11.4 Å². The average molecular weight is 289 g/mol. The number of nitrogen functional groups attached to an aromatic ring is 1. The topological polar surface area (TPSA) is 67.1 Å². The van der Waals surface area contributed by atoms with Crippen molar-refractivity contribution in [2.24, 2.45) is 5.92 Å². The highest BCUT2D eigenvalue weighted by molar-refractivity contribution is 5.55. The van der Waals surface area contributed by atoms with Crippen LogP contribution in [0.5, 0.6) is 0 Å². The van der Waals surface area contributed by atoms with Gasteiger partial charge in [-0.25, -0.2) is 9.97 Å². The lowest BCUT2D eigenvalue weighted by Crippen LogP contribution is -2.29. The third-order valence-corrected chi connectivity index (χ3v) is 4.53. The summed E-state index contributed by atoms with van der Waals surface area (Å²) in [7, 11) is 0. The highest BCUT2D eigenvalue weighted by Gasteiger charge is 2.28. The summed E-state index contributed by atoms with van der Waals surface area (Å²) in [5, 5.41) is 3.49. The van der Waals surface area contributed by atoms with Crippen LogP contribution >= 0.6 is 0 Å². The van der Waals surface area contributed by atoms with E-state index >= 15 is 0 Å². The van der Waals surface area contributed by atoms with Gasteiger partial charge in [-0.3, -0.25) is 0 Å². The molecule has 1 saturated carbocycles. The van der Waals surface area contributed by atoms with E-state index in [9.17, 15) is 0 Å². The molecule has 2 aliphatic rings. The minimum Gasteiger partial charge on any atom is -0.383 e. The molecule has 1 unspecified atom stereocenters. The molecular weight excluding hydrogens is 262 g/mol. The second-order valence-electron chi connectivity index (χ2n) is 6.71. The maximum Gasteiger partial charge on any atom is 0.136 e. The number of hydrogen-bond acceptors (Lipinski definition) is 5. The van der Waals surface area contributed by atoms with Gasteiger partial charge in [0, 0.05) is 24.6 Å². The Morgan fingerprint density at radius 1 is 1.29 bits per heavy atom. The predicted molar refractivity (Wildman–Crippen MR) is 86.5 cm³/mol. The summed E-state index contributed by atoms with van der Waals surface area (Å²) >= 11 is 0. The quantitative estimate of drug-likeness (QED) is 0.841. The maximum absolute atomic E-state index is 6.03. The SMILES string of the molecule is Cc1c(N)nc(C2CC2)nc1NCC(C)CN1CCCC1. The van der Waals surface area contributed by atoms with Gasteiger partial charge in [0.25, 0.3) is 0 Å². The Hall–Kier alpha value is -1.36. The van der Waals surface area contributed by atoms with Crippen LogP contribution in [0.2, 0.25) is 0 Å². The van der Waals surface area contributed by atoms with E-state index in [2.05, 4.69) is 27.1 Å². The molecule has 3 rings (SSSR count). The van der Waals surface area contributed by atoms with Gasteiger partial charge in [-0.05, 0) is 51.6 Å². The number of nitrogens with zero attached hydrogens (tertiary/aromatic N) is 3. The van der Waals surface area contributed by atoms with Gasteiger partial charge in [0.2, 0.25) is 0 Å². The Morgan fingerprint density at radius 3 is 2.67 bits per heavy atom. The number of anilines is 2. The van der Waals surface area contributed by atoms with E-state index in [0.29, 0.717) is 17.7 Å². The number of hydrogen-bond donors (Lipinski definition) is 2. The molecule has 0 aromatic carbocycles. The summed E-state index contributed by atoms with van der Waals surface area (Å²) in [6, 6.07) is 0. The van der Waals surface area contributed by atoms with Gasteiger partial charge in [0.05, 0.1) is 0 Å². The van der Waals surface area contributed by atoms with Gasteiger partial charge < -0.3 is 16.0 Å². The molecule has 5 heteroatoms. The Kier molecular flexibility index (Phi) is 4.29. The number of aromatic nitrogens is 2. The van der Waals surface area contributed by atoms with E-state index in [-0.39, 0.29) is 0 Å². The van der Waals surface area contributed by atoms with E-state index in [4.69, 9.17) is 5.73 Å². The second kappa shape index (κ2) is 6.18. The van der Waals surface area contributed by atoms with Crippen LogP contribution in [0.15, 0.2) is 0 Å². The fraction of sp³-hybridized carbons (Fsp3) is 0.750. The summed E-state index contributed by atoms with van der Waals surface area (Å²) in [5.74, 6) is 3.63. The molecule has 3 N–H and O–H groups in total. The van der Waals surface area contributed by atoms with Crippen LogP contribution in [0.25, 0.3) is 0 Å². The zero-order chi connectivity index (χ0) is 14.8.